The van der Waals surface area contributed by atoms with Crippen LogP contribution in [0.3, 0.4) is 0 Å². The van der Waals surface area contributed by atoms with E-state index in [1.807, 2.05) is 0 Å². The van der Waals surface area contributed by atoms with Crippen molar-refractivity contribution in [3.8, 4) is 0 Å². The van der Waals surface area contributed by atoms with Gasteiger partial charge in [-0.3, -0.25) is 19.2 Å². The Morgan fingerprint density at radius 3 is 2.06 bits per heavy atom. The van der Waals surface area contributed by atoms with Crippen LogP contribution in [0.2, 0.25) is 0 Å². The summed E-state index contributed by atoms with van der Waals surface area (Å²) in [6.07, 6.45) is -4.63. The molecule has 33 heavy (non-hydrogen) atoms. The number of hydrogen-bond donors (Lipinski definition) is 4. The number of benzene rings is 1. The summed E-state index contributed by atoms with van der Waals surface area (Å²) in [4.78, 5) is 51.1. The van der Waals surface area contributed by atoms with E-state index >= 15 is 0 Å². The van der Waals surface area contributed by atoms with Crippen LogP contribution in [0, 0.1) is 0 Å². The van der Waals surface area contributed by atoms with Crippen LogP contribution in [0.5, 0.6) is 0 Å². The second-order valence-corrected chi connectivity index (χ2v) is 9.11. The van der Waals surface area contributed by atoms with Crippen molar-refractivity contribution in [3.63, 3.8) is 0 Å². The third-order valence-corrected chi connectivity index (χ3v) is 7.01. The highest BCUT2D eigenvalue weighted by Crippen LogP contribution is 2.51. The summed E-state index contributed by atoms with van der Waals surface area (Å²) >= 11 is 3.37. The number of rotatable bonds is 6. The van der Waals surface area contributed by atoms with Gasteiger partial charge in [-0.1, -0.05) is 22.0 Å². The maximum atomic E-state index is 12.8. The molecule has 4 N–H and O–H groups in total. The summed E-state index contributed by atoms with van der Waals surface area (Å²) < 4.78 is 7.53. The fourth-order valence-electron chi connectivity index (χ4n) is 4.50. The Balaban J connectivity index is 2.44. The molecule has 1 aliphatic rings. The highest BCUT2D eigenvalue weighted by Gasteiger charge is 2.79. The van der Waals surface area contributed by atoms with E-state index in [1.165, 1.54) is 10.8 Å². The average Bonchev–Trinajstić information content (AvgIpc) is 3.16. The van der Waals surface area contributed by atoms with E-state index < -0.39 is 58.4 Å². The Hall–Kier alpha value is -2.28. The number of aliphatic hydroxyl groups is 4. The Labute approximate surface area is 196 Å². The summed E-state index contributed by atoms with van der Waals surface area (Å²) in [7, 11) is 0. The van der Waals surface area contributed by atoms with Crippen molar-refractivity contribution in [2.75, 3.05) is 0 Å². The zero-order valence-corrected chi connectivity index (χ0v) is 19.9. The maximum Gasteiger partial charge on any atom is 0.207 e. The minimum Gasteiger partial charge on any atom is -0.386 e. The first-order valence-electron chi connectivity index (χ1n) is 9.99. The van der Waals surface area contributed by atoms with Crippen molar-refractivity contribution in [1.82, 2.24) is 4.57 Å². The molecule has 10 nitrogen and oxygen atoms in total. The van der Waals surface area contributed by atoms with Crippen LogP contribution in [-0.4, -0.2) is 77.1 Å². The van der Waals surface area contributed by atoms with Gasteiger partial charge < -0.3 is 29.7 Å². The third-order valence-electron chi connectivity index (χ3n) is 6.32. The second-order valence-electron chi connectivity index (χ2n) is 8.25. The minimum atomic E-state index is -3.50. The van der Waals surface area contributed by atoms with Gasteiger partial charge in [0.25, 0.3) is 0 Å². The molecule has 1 aliphatic heterocycles. The topological polar surface area (TPSA) is 163 Å². The zero-order valence-electron chi connectivity index (χ0n) is 18.3. The molecule has 1 unspecified atom stereocenters. The van der Waals surface area contributed by atoms with Crippen molar-refractivity contribution < 1.29 is 44.3 Å². The number of halogens is 1. The monoisotopic (exact) mass is 525 g/mol. The lowest BCUT2D eigenvalue weighted by Gasteiger charge is -2.57. The lowest BCUT2D eigenvalue weighted by Crippen LogP contribution is -2.85. The van der Waals surface area contributed by atoms with E-state index in [2.05, 4.69) is 15.9 Å². The van der Waals surface area contributed by atoms with Gasteiger partial charge in [-0.15, -0.1) is 0 Å². The van der Waals surface area contributed by atoms with Crippen LogP contribution in [-0.2, 0) is 23.9 Å². The fraction of sp³-hybridized carbons (Fsp3) is 0.455. The highest BCUT2D eigenvalue weighted by atomic mass is 79.9. The average molecular weight is 526 g/mol. The van der Waals surface area contributed by atoms with Crippen LogP contribution in [0.25, 0.3) is 10.9 Å². The van der Waals surface area contributed by atoms with E-state index in [-0.39, 0.29) is 0 Å². The Morgan fingerprint density at radius 1 is 1.00 bits per heavy atom. The molecule has 0 amide bonds. The number of nitrogens with zero attached hydrogens (tertiary/aromatic N) is 1. The predicted molar refractivity (Wildman–Crippen MR) is 117 cm³/mol. The molecule has 11 heteroatoms. The van der Waals surface area contributed by atoms with Crippen molar-refractivity contribution in [2.45, 2.75) is 62.9 Å². The van der Waals surface area contributed by atoms with E-state index in [1.54, 1.807) is 24.3 Å². The molecular formula is C22H24BrNO9. The number of fused-ring (bicyclic) bond motifs is 1. The molecule has 6 atom stereocenters. The van der Waals surface area contributed by atoms with Crippen molar-refractivity contribution in [1.29, 1.82) is 0 Å². The van der Waals surface area contributed by atoms with Gasteiger partial charge in [0.1, 0.15) is 6.10 Å². The summed E-state index contributed by atoms with van der Waals surface area (Å²) in [5, 5.41) is 45.1. The molecule has 1 saturated heterocycles. The van der Waals surface area contributed by atoms with Gasteiger partial charge in [0, 0.05) is 16.1 Å². The number of aliphatic hydroxyl groups excluding tert-OH is 1. The van der Waals surface area contributed by atoms with Crippen LogP contribution in [0.15, 0.2) is 34.9 Å². The molecule has 0 aliphatic carbocycles. The van der Waals surface area contributed by atoms with Gasteiger partial charge in [-0.05, 0) is 45.9 Å². The van der Waals surface area contributed by atoms with Gasteiger partial charge >= 0.3 is 0 Å². The van der Waals surface area contributed by atoms with Gasteiger partial charge in [0.05, 0.1) is 5.52 Å². The normalized spacial score (nSPS) is 33.0. The summed E-state index contributed by atoms with van der Waals surface area (Å²) in [6, 6.07) is 6.55. The van der Waals surface area contributed by atoms with Crippen LogP contribution in [0.1, 0.15) is 33.9 Å². The van der Waals surface area contributed by atoms with Crippen molar-refractivity contribution in [2.24, 2.45) is 0 Å². The highest BCUT2D eigenvalue weighted by molar-refractivity contribution is 9.10. The maximum absolute atomic E-state index is 12.8. The lowest BCUT2D eigenvalue weighted by atomic mass is 9.59. The van der Waals surface area contributed by atoms with Crippen molar-refractivity contribution >= 4 is 50.0 Å². The summed E-state index contributed by atoms with van der Waals surface area (Å²) in [5.41, 5.74) is -9.72. The SMILES string of the molecule is CC(=O)[C@]1(O)[C@@](O)(C(C)=O)[C@@H](C(=O)C(C)O)O[C@@H](n2ccc3c(Br)cccc32)[C@@]1(O)C(C)=O. The Bertz CT molecular complexity index is 1170. The molecule has 0 saturated carbocycles. The van der Waals surface area contributed by atoms with E-state index in [0.717, 1.165) is 27.7 Å². The second kappa shape index (κ2) is 8.19. The quantitative estimate of drug-likeness (QED) is 0.412. The number of carbonyl (C=O) groups excluding carboxylic acids is 4. The molecule has 3 rings (SSSR count). The van der Waals surface area contributed by atoms with E-state index in [0.29, 0.717) is 15.4 Å². The number of hydrogen-bond acceptors (Lipinski definition) is 9. The molecule has 1 fully saturated rings. The van der Waals surface area contributed by atoms with Crippen LogP contribution in [0.4, 0.5) is 0 Å². The van der Waals surface area contributed by atoms with Gasteiger partial charge in [-0.2, -0.15) is 0 Å². The molecule has 2 aromatic rings. The van der Waals surface area contributed by atoms with Gasteiger partial charge in [0.15, 0.2) is 41.1 Å². The van der Waals surface area contributed by atoms with Crippen LogP contribution < -0.4 is 0 Å². The number of aromatic nitrogens is 1. The molecule has 0 radical (unpaired) electrons. The number of carbonyl (C=O) groups is 4. The van der Waals surface area contributed by atoms with Gasteiger partial charge in [0.2, 0.25) is 11.2 Å². The third kappa shape index (κ3) is 3.18. The molecule has 1 aromatic heterocycles. The first kappa shape index (κ1) is 25.3. The molecule has 1 aromatic carbocycles. The van der Waals surface area contributed by atoms with Crippen molar-refractivity contribution in [3.05, 3.63) is 34.9 Å². The smallest absolute Gasteiger partial charge is 0.207 e. The summed E-state index contributed by atoms with van der Waals surface area (Å²) in [5.74, 6) is -5.12. The predicted octanol–water partition coefficient (Wildman–Crippen LogP) is 0.211. The standard InChI is InChI=1S/C22H24BrNO9/c1-10(25)17(29)18-20(30,11(2)26)22(32,13(4)28)21(31,12(3)27)19(33-18)24-9-8-14-15(23)6-5-7-16(14)24/h5-10,18-19,25,30-32H,1-4H3/t10?,18-,19-,20-,21+,22+/m1/s1. The Kier molecular flexibility index (Phi) is 6.29. The zero-order chi connectivity index (χ0) is 25.1. The number of Topliss-reactive ketones (excluding diaryl/α,β-unsaturated/α-hetero) is 4. The largest absolute Gasteiger partial charge is 0.386 e. The molecule has 0 spiro atoms. The first-order valence-corrected chi connectivity index (χ1v) is 10.8. The summed E-state index contributed by atoms with van der Waals surface area (Å²) in [6.45, 7) is 3.42. The minimum absolute atomic E-state index is 0.372. The van der Waals surface area contributed by atoms with E-state index in [4.69, 9.17) is 4.74 Å². The van der Waals surface area contributed by atoms with Crippen LogP contribution >= 0.6 is 15.9 Å². The first-order chi connectivity index (χ1) is 15.2. The fourth-order valence-corrected chi connectivity index (χ4v) is 4.99. The number of ketones is 4. The molecular weight excluding hydrogens is 502 g/mol. The van der Waals surface area contributed by atoms with Gasteiger partial charge in [-0.25, -0.2) is 0 Å². The lowest BCUT2D eigenvalue weighted by molar-refractivity contribution is -0.327. The Morgan fingerprint density at radius 2 is 1.58 bits per heavy atom. The van der Waals surface area contributed by atoms with E-state index in [9.17, 15) is 39.6 Å². The molecule has 0 bridgehead atoms. The molecule has 2 heterocycles. The molecule has 178 valence electrons. The number of ether oxygens (including phenoxy) is 1.